The summed E-state index contributed by atoms with van der Waals surface area (Å²) in [4.78, 5) is 4.02. The van der Waals surface area contributed by atoms with Crippen molar-refractivity contribution in [2.24, 2.45) is 0 Å². The number of anilines is 1. The van der Waals surface area contributed by atoms with E-state index >= 15 is 0 Å². The molecule has 0 aromatic carbocycles. The number of rotatable bonds is 6. The van der Waals surface area contributed by atoms with E-state index in [1.165, 1.54) is 6.20 Å². The Morgan fingerprint density at radius 1 is 1.42 bits per heavy atom. The summed E-state index contributed by atoms with van der Waals surface area (Å²) in [5.41, 5.74) is 0. The molecule has 106 valence electrons. The lowest BCUT2D eigenvalue weighted by molar-refractivity contribution is 0.218. The molecule has 1 aliphatic rings. The Labute approximate surface area is 113 Å². The largest absolute Gasteiger partial charge is 0.487 e. The van der Waals surface area contributed by atoms with E-state index in [9.17, 15) is 8.42 Å². The Kier molecular flexibility index (Phi) is 3.84. The van der Waals surface area contributed by atoms with E-state index in [0.717, 1.165) is 19.1 Å². The van der Waals surface area contributed by atoms with Crippen molar-refractivity contribution in [3.63, 3.8) is 0 Å². The number of hydrogen-bond acceptors (Lipinski definition) is 5. The fourth-order valence-corrected chi connectivity index (χ4v) is 1.99. The minimum Gasteiger partial charge on any atom is -0.487 e. The predicted octanol–water partition coefficient (Wildman–Crippen LogP) is 1.78. The van der Waals surface area contributed by atoms with Crippen LogP contribution >= 0.6 is 0 Å². The molecule has 1 aliphatic carbocycles. The van der Waals surface area contributed by atoms with Crippen LogP contribution in [0.4, 0.5) is 5.82 Å². The average molecular weight is 286 g/mol. The van der Waals surface area contributed by atoms with Crippen LogP contribution in [0.15, 0.2) is 12.3 Å². The summed E-state index contributed by atoms with van der Waals surface area (Å²) in [5.74, 6) is 1.04. The van der Waals surface area contributed by atoms with Crippen molar-refractivity contribution >= 4 is 15.8 Å². The number of pyridine rings is 1. The quantitative estimate of drug-likeness (QED) is 0.862. The molecule has 0 radical (unpaired) electrons. The summed E-state index contributed by atoms with van der Waals surface area (Å²) in [6, 6.07) is 1.67. The van der Waals surface area contributed by atoms with Crippen LogP contribution < -0.4 is 14.2 Å². The van der Waals surface area contributed by atoms with Crippen LogP contribution in [0.5, 0.6) is 11.5 Å². The van der Waals surface area contributed by atoms with Crippen molar-refractivity contribution in [2.45, 2.75) is 38.9 Å². The van der Waals surface area contributed by atoms with Crippen molar-refractivity contribution in [2.75, 3.05) is 11.0 Å². The SMILES string of the molecule is CC(C)Oc1ccnc(NS(C)(=O)=O)c1OC1CC1. The highest BCUT2D eigenvalue weighted by molar-refractivity contribution is 7.92. The van der Waals surface area contributed by atoms with Crippen LogP contribution in [-0.2, 0) is 10.0 Å². The zero-order valence-corrected chi connectivity index (χ0v) is 12.0. The molecule has 0 aliphatic heterocycles. The molecule has 2 rings (SSSR count). The van der Waals surface area contributed by atoms with E-state index in [4.69, 9.17) is 9.47 Å². The highest BCUT2D eigenvalue weighted by Gasteiger charge is 2.27. The molecule has 1 heterocycles. The van der Waals surface area contributed by atoms with Gasteiger partial charge in [0.15, 0.2) is 11.6 Å². The van der Waals surface area contributed by atoms with Crippen molar-refractivity contribution in [3.8, 4) is 11.5 Å². The maximum absolute atomic E-state index is 11.3. The third-order valence-corrected chi connectivity index (χ3v) is 2.89. The molecule has 1 N–H and O–H groups in total. The Balaban J connectivity index is 2.34. The van der Waals surface area contributed by atoms with Gasteiger partial charge in [0.05, 0.1) is 18.5 Å². The average Bonchev–Trinajstić information content (AvgIpc) is 3.03. The maximum atomic E-state index is 11.3. The van der Waals surface area contributed by atoms with Crippen LogP contribution in [0.1, 0.15) is 26.7 Å². The topological polar surface area (TPSA) is 77.5 Å². The summed E-state index contributed by atoms with van der Waals surface area (Å²) in [5, 5.41) is 0. The van der Waals surface area contributed by atoms with E-state index < -0.39 is 10.0 Å². The second-order valence-electron chi connectivity index (χ2n) is 4.84. The number of nitrogens with one attached hydrogen (secondary N) is 1. The Bertz CT molecular complexity index is 553. The Morgan fingerprint density at radius 2 is 2.11 bits per heavy atom. The van der Waals surface area contributed by atoms with Crippen molar-refractivity contribution in [1.29, 1.82) is 0 Å². The van der Waals surface area contributed by atoms with Gasteiger partial charge in [0.25, 0.3) is 0 Å². The molecule has 0 unspecified atom stereocenters. The van der Waals surface area contributed by atoms with Crippen LogP contribution in [0.3, 0.4) is 0 Å². The van der Waals surface area contributed by atoms with E-state index in [1.807, 2.05) is 13.8 Å². The molecule has 0 bridgehead atoms. The normalized spacial score (nSPS) is 15.4. The van der Waals surface area contributed by atoms with Crippen LogP contribution in [-0.4, -0.2) is 31.9 Å². The molecule has 0 spiro atoms. The monoisotopic (exact) mass is 286 g/mol. The number of hydrogen-bond donors (Lipinski definition) is 1. The van der Waals surface area contributed by atoms with Crippen LogP contribution in [0.2, 0.25) is 0 Å². The molecule has 0 atom stereocenters. The van der Waals surface area contributed by atoms with Crippen LogP contribution in [0.25, 0.3) is 0 Å². The van der Waals surface area contributed by atoms with Gasteiger partial charge < -0.3 is 9.47 Å². The minimum atomic E-state index is -3.41. The number of sulfonamides is 1. The maximum Gasteiger partial charge on any atom is 0.231 e. The van der Waals surface area contributed by atoms with Gasteiger partial charge in [-0.2, -0.15) is 0 Å². The molecule has 0 saturated heterocycles. The van der Waals surface area contributed by atoms with Gasteiger partial charge in [-0.15, -0.1) is 0 Å². The van der Waals surface area contributed by atoms with E-state index in [0.29, 0.717) is 11.5 Å². The highest BCUT2D eigenvalue weighted by Crippen LogP contribution is 2.39. The molecule has 1 saturated carbocycles. The second-order valence-corrected chi connectivity index (χ2v) is 6.59. The molecule has 6 nitrogen and oxygen atoms in total. The molecule has 19 heavy (non-hydrogen) atoms. The zero-order chi connectivity index (χ0) is 14.0. The van der Waals surface area contributed by atoms with E-state index in [-0.39, 0.29) is 18.0 Å². The first kappa shape index (κ1) is 13.9. The van der Waals surface area contributed by atoms with Gasteiger partial charge in [0.2, 0.25) is 15.8 Å². The third-order valence-electron chi connectivity index (χ3n) is 2.32. The van der Waals surface area contributed by atoms with Gasteiger partial charge in [-0.1, -0.05) is 0 Å². The molecule has 1 aromatic rings. The second kappa shape index (κ2) is 5.24. The lowest BCUT2D eigenvalue weighted by Crippen LogP contribution is -2.14. The minimum absolute atomic E-state index is 0.0324. The number of ether oxygens (including phenoxy) is 2. The number of aromatic nitrogens is 1. The summed E-state index contributed by atoms with van der Waals surface area (Å²) in [7, 11) is -3.41. The predicted molar refractivity (Wildman–Crippen MR) is 72.1 cm³/mol. The van der Waals surface area contributed by atoms with Crippen molar-refractivity contribution in [1.82, 2.24) is 4.98 Å². The molecule has 1 aromatic heterocycles. The molecule has 7 heteroatoms. The summed E-state index contributed by atoms with van der Waals surface area (Å²) >= 11 is 0. The summed E-state index contributed by atoms with van der Waals surface area (Å²) in [6.07, 6.45) is 4.59. The fraction of sp³-hybridized carbons (Fsp3) is 0.583. The lowest BCUT2D eigenvalue weighted by Gasteiger charge is -2.17. The van der Waals surface area contributed by atoms with E-state index in [2.05, 4.69) is 9.71 Å². The standard InChI is InChI=1S/C12H18N2O4S/c1-8(2)17-10-6-7-13-12(14-19(3,15)16)11(10)18-9-4-5-9/h6-9H,4-5H2,1-3H3,(H,13,14). The van der Waals surface area contributed by atoms with E-state index in [1.54, 1.807) is 6.07 Å². The smallest absolute Gasteiger partial charge is 0.231 e. The Morgan fingerprint density at radius 3 is 2.63 bits per heavy atom. The van der Waals surface area contributed by atoms with Gasteiger partial charge in [0.1, 0.15) is 0 Å². The number of nitrogens with zero attached hydrogens (tertiary/aromatic N) is 1. The summed E-state index contributed by atoms with van der Waals surface area (Å²) in [6.45, 7) is 3.79. The zero-order valence-electron chi connectivity index (χ0n) is 11.2. The first-order valence-electron chi connectivity index (χ1n) is 6.15. The first-order valence-corrected chi connectivity index (χ1v) is 8.04. The van der Waals surface area contributed by atoms with Gasteiger partial charge in [-0.3, -0.25) is 4.72 Å². The molecule has 1 fully saturated rings. The first-order chi connectivity index (χ1) is 8.85. The van der Waals surface area contributed by atoms with Gasteiger partial charge in [-0.25, -0.2) is 13.4 Å². The fourth-order valence-electron chi connectivity index (χ4n) is 1.49. The molecular weight excluding hydrogens is 268 g/mol. The summed E-state index contributed by atoms with van der Waals surface area (Å²) < 4.78 is 36.4. The third kappa shape index (κ3) is 4.27. The van der Waals surface area contributed by atoms with Gasteiger partial charge in [0, 0.05) is 12.3 Å². The van der Waals surface area contributed by atoms with Crippen molar-refractivity contribution < 1.29 is 17.9 Å². The highest BCUT2D eigenvalue weighted by atomic mass is 32.2. The van der Waals surface area contributed by atoms with Gasteiger partial charge >= 0.3 is 0 Å². The van der Waals surface area contributed by atoms with Crippen LogP contribution in [0, 0.1) is 0 Å². The lowest BCUT2D eigenvalue weighted by atomic mass is 10.3. The molecular formula is C12H18N2O4S. The van der Waals surface area contributed by atoms with Crippen molar-refractivity contribution in [3.05, 3.63) is 12.3 Å². The Hall–Kier alpha value is -1.50. The van der Waals surface area contributed by atoms with Gasteiger partial charge in [-0.05, 0) is 26.7 Å². The molecule has 0 amide bonds.